The Morgan fingerprint density at radius 3 is 2.79 bits per heavy atom. The van der Waals surface area contributed by atoms with Crippen LogP contribution < -0.4 is 0 Å². The van der Waals surface area contributed by atoms with E-state index in [-0.39, 0.29) is 12.8 Å². The number of benzene rings is 1. The van der Waals surface area contributed by atoms with Crippen LogP contribution in [0, 0.1) is 10.1 Å². The van der Waals surface area contributed by atoms with Gasteiger partial charge in [-0.25, -0.2) is 4.98 Å². The van der Waals surface area contributed by atoms with Crippen LogP contribution in [-0.4, -0.2) is 30.7 Å². The molecule has 0 fully saturated rings. The summed E-state index contributed by atoms with van der Waals surface area (Å²) in [4.78, 5) is 24.7. The molecule has 0 spiro atoms. The number of nitro benzene ring substituents is 1. The lowest BCUT2D eigenvalue weighted by molar-refractivity contribution is -0.385. The minimum Gasteiger partial charge on any atom is -0.502 e. The molecule has 0 saturated heterocycles. The summed E-state index contributed by atoms with van der Waals surface area (Å²) >= 11 is 0. The van der Waals surface area contributed by atoms with Crippen molar-refractivity contribution in [3.63, 3.8) is 0 Å². The van der Waals surface area contributed by atoms with Crippen LogP contribution in [0.15, 0.2) is 12.1 Å². The number of nitro groups is 1. The Morgan fingerprint density at radius 2 is 2.21 bits per heavy atom. The number of carboxylic acids is 1. The van der Waals surface area contributed by atoms with E-state index in [1.807, 2.05) is 0 Å². The number of carboxylic acid groups (broad SMARTS) is 1. The molecular formula is C11H11N3O5. The predicted octanol–water partition coefficient (Wildman–Crippen LogP) is 1.20. The highest BCUT2D eigenvalue weighted by molar-refractivity contribution is 5.81. The van der Waals surface area contributed by atoms with Gasteiger partial charge in [0.1, 0.15) is 5.82 Å². The van der Waals surface area contributed by atoms with Crippen LogP contribution in [-0.2, 0) is 18.3 Å². The van der Waals surface area contributed by atoms with Gasteiger partial charge in [-0.15, -0.1) is 0 Å². The van der Waals surface area contributed by atoms with Crippen molar-refractivity contribution in [1.82, 2.24) is 9.55 Å². The number of rotatable bonds is 4. The minimum atomic E-state index is -0.944. The fraction of sp³-hybridized carbons (Fsp3) is 0.273. The summed E-state index contributed by atoms with van der Waals surface area (Å²) in [5.41, 5.74) is 0.469. The average molecular weight is 265 g/mol. The van der Waals surface area contributed by atoms with E-state index >= 15 is 0 Å². The fourth-order valence-corrected chi connectivity index (χ4v) is 1.85. The molecule has 100 valence electrons. The van der Waals surface area contributed by atoms with E-state index < -0.39 is 22.3 Å². The number of aromatic nitrogens is 2. The number of imidazole rings is 1. The van der Waals surface area contributed by atoms with Gasteiger partial charge in [-0.1, -0.05) is 0 Å². The highest BCUT2D eigenvalue weighted by Gasteiger charge is 2.18. The molecule has 8 nitrogen and oxygen atoms in total. The number of phenolic OH excluding ortho intramolecular Hbond substituents is 1. The van der Waals surface area contributed by atoms with E-state index in [1.165, 1.54) is 12.1 Å². The van der Waals surface area contributed by atoms with Gasteiger partial charge in [0.05, 0.1) is 22.4 Å². The molecule has 0 aliphatic rings. The van der Waals surface area contributed by atoms with Crippen molar-refractivity contribution >= 4 is 22.7 Å². The summed E-state index contributed by atoms with van der Waals surface area (Å²) < 4.78 is 1.59. The van der Waals surface area contributed by atoms with Crippen LogP contribution in [0.25, 0.3) is 11.0 Å². The molecule has 8 heteroatoms. The zero-order valence-electron chi connectivity index (χ0n) is 10.0. The number of nitrogens with zero attached hydrogens (tertiary/aromatic N) is 3. The van der Waals surface area contributed by atoms with Gasteiger partial charge in [0.25, 0.3) is 0 Å². The number of fused-ring (bicyclic) bond motifs is 1. The lowest BCUT2D eigenvalue weighted by Gasteiger charge is -2.00. The second-order valence-electron chi connectivity index (χ2n) is 4.07. The van der Waals surface area contributed by atoms with E-state index in [4.69, 9.17) is 5.11 Å². The molecule has 19 heavy (non-hydrogen) atoms. The van der Waals surface area contributed by atoms with Crippen LogP contribution in [0.3, 0.4) is 0 Å². The zero-order valence-corrected chi connectivity index (χ0v) is 10.0. The fourth-order valence-electron chi connectivity index (χ4n) is 1.85. The first kappa shape index (κ1) is 12.8. The third kappa shape index (κ3) is 2.32. The number of hydrogen-bond donors (Lipinski definition) is 2. The molecule has 0 aliphatic carbocycles. The maximum Gasteiger partial charge on any atom is 0.312 e. The summed E-state index contributed by atoms with van der Waals surface area (Å²) in [5, 5.41) is 28.9. The van der Waals surface area contributed by atoms with Crippen LogP contribution in [0.4, 0.5) is 5.69 Å². The number of aromatic hydroxyl groups is 1. The first-order chi connectivity index (χ1) is 8.90. The second-order valence-corrected chi connectivity index (χ2v) is 4.07. The molecule has 0 aliphatic heterocycles. The Bertz CT molecular complexity index is 677. The summed E-state index contributed by atoms with van der Waals surface area (Å²) in [7, 11) is 1.65. The van der Waals surface area contributed by atoms with Gasteiger partial charge in [0.2, 0.25) is 0 Å². The highest BCUT2D eigenvalue weighted by atomic mass is 16.6. The lowest BCUT2D eigenvalue weighted by atomic mass is 10.2. The molecule has 0 unspecified atom stereocenters. The van der Waals surface area contributed by atoms with Crippen LogP contribution in [0.5, 0.6) is 5.75 Å². The highest BCUT2D eigenvalue weighted by Crippen LogP contribution is 2.31. The second kappa shape index (κ2) is 4.56. The molecule has 0 saturated carbocycles. The van der Waals surface area contributed by atoms with E-state index in [0.717, 1.165) is 0 Å². The lowest BCUT2D eigenvalue weighted by Crippen LogP contribution is -2.03. The van der Waals surface area contributed by atoms with E-state index in [2.05, 4.69) is 4.98 Å². The maximum atomic E-state index is 10.7. The van der Waals surface area contributed by atoms with Gasteiger partial charge in [-0.3, -0.25) is 14.9 Å². The third-order valence-electron chi connectivity index (χ3n) is 2.83. The van der Waals surface area contributed by atoms with Crippen molar-refractivity contribution in [3.8, 4) is 5.75 Å². The number of aryl methyl sites for hydroxylation is 2. The van der Waals surface area contributed by atoms with Gasteiger partial charge >= 0.3 is 11.7 Å². The molecule has 0 atom stereocenters. The zero-order chi connectivity index (χ0) is 14.2. The van der Waals surface area contributed by atoms with Crippen LogP contribution >= 0.6 is 0 Å². The monoisotopic (exact) mass is 265 g/mol. The van der Waals surface area contributed by atoms with Gasteiger partial charge in [-0.05, 0) is 0 Å². The van der Waals surface area contributed by atoms with Gasteiger partial charge in [0, 0.05) is 25.6 Å². The topological polar surface area (TPSA) is 118 Å². The Hall–Kier alpha value is -2.64. The third-order valence-corrected chi connectivity index (χ3v) is 2.83. The molecule has 1 heterocycles. The Kier molecular flexibility index (Phi) is 3.07. The first-order valence-corrected chi connectivity index (χ1v) is 5.44. The van der Waals surface area contributed by atoms with E-state index in [0.29, 0.717) is 16.9 Å². The summed E-state index contributed by atoms with van der Waals surface area (Å²) in [6, 6.07) is 2.43. The number of aliphatic carboxylic acids is 1. The first-order valence-electron chi connectivity index (χ1n) is 5.44. The number of carbonyl (C=O) groups is 1. The number of phenols is 1. The summed E-state index contributed by atoms with van der Waals surface area (Å²) in [6.07, 6.45) is 0.139. The van der Waals surface area contributed by atoms with Gasteiger partial charge < -0.3 is 14.8 Å². The van der Waals surface area contributed by atoms with Gasteiger partial charge in [-0.2, -0.15) is 0 Å². The standard InChI is InChI=1S/C11H11N3O5/c1-13-7-5-8(14(18)19)9(15)4-6(7)12-10(13)2-3-11(16)17/h4-5,15H,2-3H2,1H3,(H,16,17). The molecule has 2 N–H and O–H groups in total. The molecule has 2 rings (SSSR count). The minimum absolute atomic E-state index is 0.0781. The summed E-state index contributed by atoms with van der Waals surface area (Å²) in [6.45, 7) is 0. The van der Waals surface area contributed by atoms with Crippen molar-refractivity contribution in [1.29, 1.82) is 0 Å². The average Bonchev–Trinajstić information content (AvgIpc) is 2.61. The van der Waals surface area contributed by atoms with Crippen molar-refractivity contribution in [2.24, 2.45) is 7.05 Å². The van der Waals surface area contributed by atoms with Crippen LogP contribution in [0.2, 0.25) is 0 Å². The van der Waals surface area contributed by atoms with Crippen molar-refractivity contribution < 1.29 is 19.9 Å². The van der Waals surface area contributed by atoms with E-state index in [9.17, 15) is 20.0 Å². The molecule has 0 amide bonds. The Balaban J connectivity index is 2.51. The molecule has 2 aromatic rings. The summed E-state index contributed by atoms with van der Waals surface area (Å²) in [5.74, 6) is -0.904. The van der Waals surface area contributed by atoms with Gasteiger partial charge in [0.15, 0.2) is 5.75 Å². The number of hydrogen-bond acceptors (Lipinski definition) is 5. The molecule has 0 bridgehead atoms. The predicted molar refractivity (Wildman–Crippen MR) is 65.0 cm³/mol. The van der Waals surface area contributed by atoms with Crippen molar-refractivity contribution in [2.45, 2.75) is 12.8 Å². The van der Waals surface area contributed by atoms with Crippen LogP contribution in [0.1, 0.15) is 12.2 Å². The Morgan fingerprint density at radius 1 is 1.53 bits per heavy atom. The largest absolute Gasteiger partial charge is 0.502 e. The molecule has 0 radical (unpaired) electrons. The van der Waals surface area contributed by atoms with E-state index in [1.54, 1.807) is 11.6 Å². The molecule has 1 aromatic heterocycles. The smallest absolute Gasteiger partial charge is 0.312 e. The Labute approximate surface area is 107 Å². The molecule has 1 aromatic carbocycles. The van der Waals surface area contributed by atoms with Crippen molar-refractivity contribution in [3.05, 3.63) is 28.1 Å². The quantitative estimate of drug-likeness (QED) is 0.633. The normalized spacial score (nSPS) is 10.8. The van der Waals surface area contributed by atoms with Crippen molar-refractivity contribution in [2.75, 3.05) is 0 Å². The maximum absolute atomic E-state index is 10.7. The SMILES string of the molecule is Cn1c(CCC(=O)O)nc2cc(O)c([N+](=O)[O-])cc21. The molecular weight excluding hydrogens is 254 g/mol.